The van der Waals surface area contributed by atoms with Crippen LogP contribution in [0.25, 0.3) is 16.8 Å². The Bertz CT molecular complexity index is 1060. The van der Waals surface area contributed by atoms with Gasteiger partial charge in [0.25, 0.3) is 0 Å². The number of ether oxygens (including phenoxy) is 3. The van der Waals surface area contributed by atoms with Crippen LogP contribution in [0.1, 0.15) is 5.56 Å². The van der Waals surface area contributed by atoms with E-state index in [1.54, 1.807) is 24.3 Å². The van der Waals surface area contributed by atoms with Crippen LogP contribution in [-0.2, 0) is 14.3 Å². The molecule has 0 amide bonds. The molecule has 0 aliphatic heterocycles. The Labute approximate surface area is 173 Å². The number of thioether (sulfide) groups is 1. The number of hydrogen-bond donors (Lipinski definition) is 0. The first kappa shape index (κ1) is 20.5. The van der Waals surface area contributed by atoms with Gasteiger partial charge in [-0.05, 0) is 46.7 Å². The van der Waals surface area contributed by atoms with Gasteiger partial charge in [0.2, 0.25) is 0 Å². The molecule has 0 unspecified atom stereocenters. The zero-order valence-electron chi connectivity index (χ0n) is 16.1. The van der Waals surface area contributed by atoms with Crippen molar-refractivity contribution in [3.05, 3.63) is 72.3 Å². The topological polar surface area (TPSA) is 61.8 Å². The number of hydrogen-bond acceptors (Lipinski definition) is 6. The van der Waals surface area contributed by atoms with Crippen LogP contribution in [0.4, 0.5) is 0 Å². The number of esters is 2. The molecule has 0 radical (unpaired) electrons. The van der Waals surface area contributed by atoms with Crippen LogP contribution in [0.15, 0.2) is 71.6 Å². The molecule has 0 aliphatic carbocycles. The fourth-order valence-electron chi connectivity index (χ4n) is 2.66. The lowest BCUT2D eigenvalue weighted by Crippen LogP contribution is -2.11. The van der Waals surface area contributed by atoms with Gasteiger partial charge >= 0.3 is 11.9 Å². The van der Waals surface area contributed by atoms with Crippen LogP contribution >= 0.6 is 11.8 Å². The van der Waals surface area contributed by atoms with E-state index in [1.807, 2.05) is 36.4 Å². The molecule has 0 aromatic heterocycles. The van der Waals surface area contributed by atoms with Gasteiger partial charge in [-0.1, -0.05) is 36.4 Å². The normalized spacial score (nSPS) is 10.8. The third kappa shape index (κ3) is 5.62. The summed E-state index contributed by atoms with van der Waals surface area (Å²) in [7, 11) is 2.80. The van der Waals surface area contributed by atoms with E-state index in [0.717, 1.165) is 21.2 Å². The van der Waals surface area contributed by atoms with Crippen molar-refractivity contribution < 1.29 is 23.8 Å². The van der Waals surface area contributed by atoms with Gasteiger partial charge in [0, 0.05) is 11.0 Å². The molecule has 0 aliphatic rings. The molecule has 0 heterocycles. The summed E-state index contributed by atoms with van der Waals surface area (Å²) in [5, 5.41) is 2.29. The lowest BCUT2D eigenvalue weighted by molar-refractivity contribution is -0.135. The second-order valence-corrected chi connectivity index (χ2v) is 7.09. The number of fused-ring (bicyclic) bond motifs is 1. The predicted molar refractivity (Wildman–Crippen MR) is 114 cm³/mol. The molecule has 5 nitrogen and oxygen atoms in total. The molecule has 0 spiro atoms. The van der Waals surface area contributed by atoms with E-state index in [4.69, 9.17) is 9.47 Å². The number of rotatable bonds is 7. The van der Waals surface area contributed by atoms with Gasteiger partial charge in [0.15, 0.2) is 11.5 Å². The first-order valence-corrected chi connectivity index (χ1v) is 9.84. The lowest BCUT2D eigenvalue weighted by atomic mass is 10.1. The number of carbonyl (C=O) groups is 2. The minimum atomic E-state index is -0.454. The van der Waals surface area contributed by atoms with E-state index in [2.05, 4.69) is 10.8 Å². The van der Waals surface area contributed by atoms with Crippen molar-refractivity contribution in [3.8, 4) is 11.5 Å². The predicted octanol–water partition coefficient (Wildman–Crippen LogP) is 4.73. The minimum Gasteiger partial charge on any atom is -0.493 e. The summed E-state index contributed by atoms with van der Waals surface area (Å²) >= 11 is 1.42. The molecule has 0 N–H and O–H groups in total. The fraction of sp³-hybridized carbons (Fsp3) is 0.130. The highest BCUT2D eigenvalue weighted by Gasteiger charge is 2.11. The Balaban J connectivity index is 1.63. The maximum Gasteiger partial charge on any atom is 0.330 e. The van der Waals surface area contributed by atoms with Crippen molar-refractivity contribution >= 4 is 40.5 Å². The van der Waals surface area contributed by atoms with Gasteiger partial charge in [0.1, 0.15) is 0 Å². The Kier molecular flexibility index (Phi) is 6.92. The van der Waals surface area contributed by atoms with Crippen molar-refractivity contribution in [2.75, 3.05) is 20.0 Å². The Hall–Kier alpha value is -3.25. The highest BCUT2D eigenvalue weighted by molar-refractivity contribution is 8.00. The molecule has 0 bridgehead atoms. The highest BCUT2D eigenvalue weighted by Crippen LogP contribution is 2.30. The fourth-order valence-corrected chi connectivity index (χ4v) is 3.37. The average Bonchev–Trinajstić information content (AvgIpc) is 2.76. The van der Waals surface area contributed by atoms with E-state index in [0.29, 0.717) is 11.5 Å². The summed E-state index contributed by atoms with van der Waals surface area (Å²) in [4.78, 5) is 24.5. The van der Waals surface area contributed by atoms with Crippen molar-refractivity contribution in [2.45, 2.75) is 4.90 Å². The van der Waals surface area contributed by atoms with E-state index in [9.17, 15) is 9.59 Å². The van der Waals surface area contributed by atoms with Crippen LogP contribution in [0.5, 0.6) is 11.5 Å². The molecule has 3 rings (SSSR count). The second-order valence-electron chi connectivity index (χ2n) is 6.04. The summed E-state index contributed by atoms with van der Waals surface area (Å²) in [5.41, 5.74) is 0.720. The van der Waals surface area contributed by atoms with E-state index >= 15 is 0 Å². The largest absolute Gasteiger partial charge is 0.493 e. The number of benzene rings is 3. The molecule has 148 valence electrons. The molecule has 0 fully saturated rings. The van der Waals surface area contributed by atoms with Crippen LogP contribution in [-0.4, -0.2) is 31.9 Å². The summed E-state index contributed by atoms with van der Waals surface area (Å²) in [5.74, 6) is 0.0725. The molecule has 0 saturated heterocycles. The van der Waals surface area contributed by atoms with E-state index < -0.39 is 5.97 Å². The van der Waals surface area contributed by atoms with Gasteiger partial charge in [0.05, 0.1) is 20.0 Å². The molecular weight excluding hydrogens is 388 g/mol. The van der Waals surface area contributed by atoms with Gasteiger partial charge in [-0.2, -0.15) is 0 Å². The van der Waals surface area contributed by atoms with E-state index in [1.165, 1.54) is 32.1 Å². The highest BCUT2D eigenvalue weighted by atomic mass is 32.2. The molecule has 3 aromatic rings. The summed E-state index contributed by atoms with van der Waals surface area (Å²) in [6, 6.07) is 19.2. The molecular formula is C23H20O5S. The molecule has 6 heteroatoms. The third-order valence-electron chi connectivity index (χ3n) is 4.10. The number of methoxy groups -OCH3 is 2. The van der Waals surface area contributed by atoms with Crippen molar-refractivity contribution in [1.82, 2.24) is 0 Å². The summed E-state index contributed by atoms with van der Waals surface area (Å²) in [6.07, 6.45) is 2.90. The van der Waals surface area contributed by atoms with Crippen molar-refractivity contribution in [3.63, 3.8) is 0 Å². The SMILES string of the molecule is COC(=O)/C=C/c1ccc(OC(=O)CSc2ccc3ccccc3c2)c(OC)c1. The quantitative estimate of drug-likeness (QED) is 0.244. The number of carbonyl (C=O) groups excluding carboxylic acids is 2. The Morgan fingerprint density at radius 3 is 2.48 bits per heavy atom. The Morgan fingerprint density at radius 2 is 1.72 bits per heavy atom. The first-order chi connectivity index (χ1) is 14.1. The molecule has 3 aromatic carbocycles. The molecule has 0 atom stereocenters. The second kappa shape index (κ2) is 9.80. The smallest absolute Gasteiger partial charge is 0.330 e. The maximum absolute atomic E-state index is 12.3. The van der Waals surface area contributed by atoms with Crippen LogP contribution in [0, 0.1) is 0 Å². The Morgan fingerprint density at radius 1 is 0.931 bits per heavy atom. The van der Waals surface area contributed by atoms with Crippen LogP contribution < -0.4 is 9.47 Å². The van der Waals surface area contributed by atoms with Crippen LogP contribution in [0.2, 0.25) is 0 Å². The van der Waals surface area contributed by atoms with E-state index in [-0.39, 0.29) is 11.7 Å². The van der Waals surface area contributed by atoms with Crippen molar-refractivity contribution in [2.24, 2.45) is 0 Å². The van der Waals surface area contributed by atoms with Gasteiger partial charge in [-0.3, -0.25) is 4.79 Å². The molecule has 29 heavy (non-hydrogen) atoms. The first-order valence-electron chi connectivity index (χ1n) is 8.85. The third-order valence-corrected chi connectivity index (χ3v) is 5.07. The van der Waals surface area contributed by atoms with Gasteiger partial charge in [-0.15, -0.1) is 11.8 Å². The summed E-state index contributed by atoms with van der Waals surface area (Å²) < 4.78 is 15.3. The van der Waals surface area contributed by atoms with Crippen molar-refractivity contribution in [1.29, 1.82) is 0 Å². The minimum absolute atomic E-state index is 0.172. The van der Waals surface area contributed by atoms with Gasteiger partial charge in [-0.25, -0.2) is 4.79 Å². The lowest BCUT2D eigenvalue weighted by Gasteiger charge is -2.10. The summed E-state index contributed by atoms with van der Waals surface area (Å²) in [6.45, 7) is 0. The zero-order chi connectivity index (χ0) is 20.6. The van der Waals surface area contributed by atoms with Gasteiger partial charge < -0.3 is 14.2 Å². The zero-order valence-corrected chi connectivity index (χ0v) is 16.9. The standard InChI is InChI=1S/C23H20O5S/c1-26-21-13-16(8-12-22(24)27-2)7-11-20(21)28-23(25)15-29-19-10-9-17-5-3-4-6-18(17)14-19/h3-14H,15H2,1-2H3/b12-8+. The molecule has 0 saturated carbocycles. The maximum atomic E-state index is 12.3. The van der Waals surface area contributed by atoms with Crippen LogP contribution in [0.3, 0.4) is 0 Å². The monoisotopic (exact) mass is 408 g/mol. The average molecular weight is 408 g/mol.